The van der Waals surface area contributed by atoms with Crippen LogP contribution in [-0.4, -0.2) is 23.7 Å². The molecule has 1 aromatic heterocycles. The van der Waals surface area contributed by atoms with E-state index >= 15 is 0 Å². The Labute approximate surface area is 102 Å². The van der Waals surface area contributed by atoms with Gasteiger partial charge >= 0.3 is 0 Å². The zero-order valence-corrected chi connectivity index (χ0v) is 10.8. The van der Waals surface area contributed by atoms with Crippen molar-refractivity contribution in [1.29, 1.82) is 0 Å². The van der Waals surface area contributed by atoms with Crippen LogP contribution in [0.2, 0.25) is 5.02 Å². The number of rotatable bonds is 5. The topological polar surface area (TPSA) is 36.4 Å². The Morgan fingerprint density at radius 3 is 2.69 bits per heavy atom. The minimum absolute atomic E-state index is 0.120. The molecule has 0 bridgehead atoms. The first kappa shape index (κ1) is 13.3. The number of nitrogens with zero attached hydrogens (tertiary/aromatic N) is 2. The van der Waals surface area contributed by atoms with E-state index in [0.717, 1.165) is 18.8 Å². The first-order valence-electron chi connectivity index (χ1n) is 5.52. The van der Waals surface area contributed by atoms with Gasteiger partial charge in [-0.2, -0.15) is 0 Å². The van der Waals surface area contributed by atoms with Crippen molar-refractivity contribution in [3.8, 4) is 0 Å². The van der Waals surface area contributed by atoms with E-state index in [4.69, 9.17) is 16.7 Å². The fraction of sp³-hybridized carbons (Fsp3) is 0.583. The Kier molecular flexibility index (Phi) is 5.03. The van der Waals surface area contributed by atoms with Gasteiger partial charge in [-0.25, -0.2) is 4.98 Å². The molecule has 0 unspecified atom stereocenters. The van der Waals surface area contributed by atoms with Gasteiger partial charge < -0.3 is 10.0 Å². The third-order valence-corrected chi connectivity index (χ3v) is 2.83. The minimum atomic E-state index is -0.120. The van der Waals surface area contributed by atoms with Crippen LogP contribution in [-0.2, 0) is 6.61 Å². The summed E-state index contributed by atoms with van der Waals surface area (Å²) in [6, 6.07) is 3.66. The number of halogens is 1. The highest BCUT2D eigenvalue weighted by Crippen LogP contribution is 2.19. The highest BCUT2D eigenvalue weighted by atomic mass is 35.5. The second-order valence-corrected chi connectivity index (χ2v) is 4.77. The predicted octanol–water partition coefficient (Wildman–Crippen LogP) is 2.71. The van der Waals surface area contributed by atoms with Crippen molar-refractivity contribution in [3.63, 3.8) is 0 Å². The number of aliphatic hydroxyl groups is 1. The molecule has 0 aliphatic carbocycles. The second kappa shape index (κ2) is 6.06. The summed E-state index contributed by atoms with van der Waals surface area (Å²) in [6.45, 7) is 5.23. The monoisotopic (exact) mass is 242 g/mol. The molecular weight excluding hydrogens is 224 g/mol. The van der Waals surface area contributed by atoms with E-state index in [1.165, 1.54) is 0 Å². The Morgan fingerprint density at radius 2 is 2.12 bits per heavy atom. The number of aromatic nitrogens is 1. The summed E-state index contributed by atoms with van der Waals surface area (Å²) in [7, 11) is 2.00. The van der Waals surface area contributed by atoms with E-state index in [0.29, 0.717) is 16.6 Å². The molecule has 16 heavy (non-hydrogen) atoms. The molecule has 0 amide bonds. The Bertz CT molecular complexity index is 342. The smallest absolute Gasteiger partial charge is 0.128 e. The van der Waals surface area contributed by atoms with Gasteiger partial charge in [0.15, 0.2) is 0 Å². The summed E-state index contributed by atoms with van der Waals surface area (Å²) in [5.41, 5.74) is 0.538. The van der Waals surface area contributed by atoms with Crippen LogP contribution >= 0.6 is 11.6 Å². The maximum absolute atomic E-state index is 9.08. The van der Waals surface area contributed by atoms with Crippen molar-refractivity contribution in [1.82, 2.24) is 4.98 Å². The Morgan fingerprint density at radius 1 is 1.44 bits per heavy atom. The van der Waals surface area contributed by atoms with Crippen LogP contribution in [0.4, 0.5) is 5.82 Å². The van der Waals surface area contributed by atoms with E-state index in [9.17, 15) is 0 Å². The summed E-state index contributed by atoms with van der Waals surface area (Å²) in [4.78, 5) is 6.39. The predicted molar refractivity (Wildman–Crippen MR) is 67.9 cm³/mol. The standard InChI is InChI=1S/C12H19ClN2O/c1-9(2)6-7-15(3)12-5-4-10(13)11(8-16)14-12/h4-5,9,16H,6-8H2,1-3H3. The van der Waals surface area contributed by atoms with Gasteiger partial charge in [0.1, 0.15) is 5.82 Å². The molecule has 0 spiro atoms. The van der Waals surface area contributed by atoms with Gasteiger partial charge in [-0.05, 0) is 24.5 Å². The molecule has 0 saturated carbocycles. The first-order valence-corrected chi connectivity index (χ1v) is 5.89. The van der Waals surface area contributed by atoms with E-state index < -0.39 is 0 Å². The molecule has 0 aliphatic rings. The average Bonchev–Trinajstić information content (AvgIpc) is 2.26. The van der Waals surface area contributed by atoms with Gasteiger partial charge in [0, 0.05) is 13.6 Å². The quantitative estimate of drug-likeness (QED) is 0.863. The molecule has 3 nitrogen and oxygen atoms in total. The Balaban J connectivity index is 2.72. The van der Waals surface area contributed by atoms with Gasteiger partial charge in [0.25, 0.3) is 0 Å². The van der Waals surface area contributed by atoms with Crippen molar-refractivity contribution >= 4 is 17.4 Å². The highest BCUT2D eigenvalue weighted by molar-refractivity contribution is 6.31. The molecule has 90 valence electrons. The van der Waals surface area contributed by atoms with Gasteiger partial charge in [0.05, 0.1) is 17.3 Å². The summed E-state index contributed by atoms with van der Waals surface area (Å²) in [6.07, 6.45) is 1.12. The number of pyridine rings is 1. The van der Waals surface area contributed by atoms with Crippen LogP contribution in [0.25, 0.3) is 0 Å². The van der Waals surface area contributed by atoms with E-state index in [1.807, 2.05) is 13.1 Å². The van der Waals surface area contributed by atoms with Crippen LogP contribution < -0.4 is 4.90 Å². The molecule has 0 radical (unpaired) electrons. The normalized spacial score (nSPS) is 10.9. The molecule has 1 N–H and O–H groups in total. The lowest BCUT2D eigenvalue weighted by atomic mass is 10.1. The average molecular weight is 243 g/mol. The zero-order chi connectivity index (χ0) is 12.1. The fourth-order valence-electron chi connectivity index (χ4n) is 1.36. The summed E-state index contributed by atoms with van der Waals surface area (Å²) >= 11 is 5.89. The third kappa shape index (κ3) is 3.65. The lowest BCUT2D eigenvalue weighted by molar-refractivity contribution is 0.277. The van der Waals surface area contributed by atoms with Gasteiger partial charge in [0.2, 0.25) is 0 Å². The Hall–Kier alpha value is -0.800. The van der Waals surface area contributed by atoms with Gasteiger partial charge in [-0.3, -0.25) is 0 Å². The van der Waals surface area contributed by atoms with Gasteiger partial charge in [-0.15, -0.1) is 0 Å². The number of hydrogen-bond donors (Lipinski definition) is 1. The zero-order valence-electron chi connectivity index (χ0n) is 10.1. The van der Waals surface area contributed by atoms with Crippen LogP contribution in [0.5, 0.6) is 0 Å². The molecule has 1 heterocycles. The molecule has 1 rings (SSSR count). The van der Waals surface area contributed by atoms with Crippen molar-refractivity contribution < 1.29 is 5.11 Å². The molecular formula is C12H19ClN2O. The summed E-state index contributed by atoms with van der Waals surface area (Å²) in [5.74, 6) is 1.53. The summed E-state index contributed by atoms with van der Waals surface area (Å²) in [5, 5.41) is 9.59. The molecule has 1 aromatic rings. The molecule has 0 aromatic carbocycles. The van der Waals surface area contributed by atoms with E-state index in [1.54, 1.807) is 6.07 Å². The maximum Gasteiger partial charge on any atom is 0.128 e. The van der Waals surface area contributed by atoms with E-state index in [2.05, 4.69) is 23.7 Å². The molecule has 0 atom stereocenters. The molecule has 0 fully saturated rings. The maximum atomic E-state index is 9.08. The summed E-state index contributed by atoms with van der Waals surface area (Å²) < 4.78 is 0. The van der Waals surface area contributed by atoms with Gasteiger partial charge in [-0.1, -0.05) is 25.4 Å². The minimum Gasteiger partial charge on any atom is -0.390 e. The lowest BCUT2D eigenvalue weighted by Gasteiger charge is -2.20. The number of hydrogen-bond acceptors (Lipinski definition) is 3. The van der Waals surface area contributed by atoms with Crippen LogP contribution in [0.15, 0.2) is 12.1 Å². The first-order chi connectivity index (χ1) is 7.54. The SMILES string of the molecule is CC(C)CCN(C)c1ccc(Cl)c(CO)n1. The highest BCUT2D eigenvalue weighted by Gasteiger charge is 2.07. The van der Waals surface area contributed by atoms with E-state index in [-0.39, 0.29) is 6.61 Å². The number of anilines is 1. The molecule has 4 heteroatoms. The largest absolute Gasteiger partial charge is 0.390 e. The van der Waals surface area contributed by atoms with Crippen molar-refractivity contribution in [2.24, 2.45) is 5.92 Å². The molecule has 0 saturated heterocycles. The van der Waals surface area contributed by atoms with Crippen LogP contribution in [0.3, 0.4) is 0 Å². The van der Waals surface area contributed by atoms with Crippen molar-refractivity contribution in [2.75, 3.05) is 18.5 Å². The van der Waals surface area contributed by atoms with Crippen molar-refractivity contribution in [2.45, 2.75) is 26.9 Å². The molecule has 0 aliphatic heterocycles. The van der Waals surface area contributed by atoms with Crippen LogP contribution in [0, 0.1) is 5.92 Å². The second-order valence-electron chi connectivity index (χ2n) is 4.36. The third-order valence-electron chi connectivity index (χ3n) is 2.49. The lowest BCUT2D eigenvalue weighted by Crippen LogP contribution is -2.21. The fourth-order valence-corrected chi connectivity index (χ4v) is 1.53. The number of aliphatic hydroxyl groups excluding tert-OH is 1. The van der Waals surface area contributed by atoms with Crippen LogP contribution in [0.1, 0.15) is 26.0 Å². The van der Waals surface area contributed by atoms with Crippen molar-refractivity contribution in [3.05, 3.63) is 22.8 Å².